The van der Waals surface area contributed by atoms with Crippen LogP contribution in [0.15, 0.2) is 78.0 Å². The third-order valence-electron chi connectivity index (χ3n) is 5.40. The largest absolute Gasteiger partial charge is 0.497 e. The zero-order chi connectivity index (χ0) is 25.5. The average molecular weight is 521 g/mol. The maximum atomic E-state index is 13.0. The summed E-state index contributed by atoms with van der Waals surface area (Å²) in [4.78, 5) is 17.8. The van der Waals surface area contributed by atoms with Gasteiger partial charge in [0.2, 0.25) is 11.1 Å². The van der Waals surface area contributed by atoms with Gasteiger partial charge in [0.25, 0.3) is 0 Å². The molecule has 184 valence electrons. The van der Waals surface area contributed by atoms with Crippen LogP contribution >= 0.6 is 23.4 Å². The van der Waals surface area contributed by atoms with Crippen LogP contribution in [-0.4, -0.2) is 40.6 Å². The zero-order valence-corrected chi connectivity index (χ0v) is 21.6. The molecule has 1 N–H and O–H groups in total. The summed E-state index contributed by atoms with van der Waals surface area (Å²) >= 11 is 7.32. The van der Waals surface area contributed by atoms with Gasteiger partial charge in [-0.3, -0.25) is 4.79 Å². The van der Waals surface area contributed by atoms with Gasteiger partial charge in [-0.15, -0.1) is 10.2 Å². The predicted octanol–water partition coefficient (Wildman–Crippen LogP) is 6.39. The van der Waals surface area contributed by atoms with E-state index in [1.807, 2.05) is 55.5 Å². The number of carbonyl (C=O) groups excluding carboxylic acids is 1. The molecule has 0 fully saturated rings. The molecule has 0 unspecified atom stereocenters. The van der Waals surface area contributed by atoms with Gasteiger partial charge in [0.1, 0.15) is 22.9 Å². The van der Waals surface area contributed by atoms with E-state index in [4.69, 9.17) is 26.1 Å². The first-order valence-electron chi connectivity index (χ1n) is 11.3. The number of hydrogen-bond acceptors (Lipinski definition) is 7. The maximum Gasteiger partial charge on any atom is 0.237 e. The molecule has 1 amide bonds. The van der Waals surface area contributed by atoms with Crippen LogP contribution in [-0.2, 0) is 4.79 Å². The summed E-state index contributed by atoms with van der Waals surface area (Å²) in [6.45, 7) is 1.94. The van der Waals surface area contributed by atoms with E-state index in [-0.39, 0.29) is 5.91 Å². The monoisotopic (exact) mass is 520 g/mol. The molecule has 0 spiro atoms. The molecule has 1 aromatic heterocycles. The van der Waals surface area contributed by atoms with Gasteiger partial charge in [-0.1, -0.05) is 36.4 Å². The molecule has 3 aromatic carbocycles. The number of methoxy groups -OCH3 is 2. The van der Waals surface area contributed by atoms with Crippen molar-refractivity contribution in [3.63, 3.8) is 0 Å². The first-order valence-corrected chi connectivity index (χ1v) is 12.5. The minimum Gasteiger partial charge on any atom is -0.497 e. The quantitative estimate of drug-likeness (QED) is 0.256. The van der Waals surface area contributed by atoms with Crippen molar-refractivity contribution in [1.29, 1.82) is 0 Å². The van der Waals surface area contributed by atoms with Crippen molar-refractivity contribution >= 4 is 35.0 Å². The number of nitrogens with zero attached hydrogens (tertiary/aromatic N) is 3. The number of thioether (sulfide) groups is 1. The number of nitrogens with one attached hydrogen (secondary N) is 1. The van der Waals surface area contributed by atoms with E-state index in [0.29, 0.717) is 33.7 Å². The third-order valence-corrected chi connectivity index (χ3v) is 6.85. The summed E-state index contributed by atoms with van der Waals surface area (Å²) < 4.78 is 10.6. The van der Waals surface area contributed by atoms with E-state index in [1.54, 1.807) is 38.5 Å². The average Bonchev–Trinajstić information content (AvgIpc) is 2.91. The van der Waals surface area contributed by atoms with Crippen LogP contribution in [0.5, 0.6) is 11.5 Å². The minimum absolute atomic E-state index is 0.154. The van der Waals surface area contributed by atoms with Crippen LogP contribution in [0.4, 0.5) is 5.69 Å². The predicted molar refractivity (Wildman–Crippen MR) is 144 cm³/mol. The highest BCUT2D eigenvalue weighted by molar-refractivity contribution is 8.00. The lowest BCUT2D eigenvalue weighted by Gasteiger charge is -2.15. The van der Waals surface area contributed by atoms with Gasteiger partial charge in [0.15, 0.2) is 0 Å². The fraction of sp³-hybridized carbons (Fsp3) is 0.185. The number of rotatable bonds is 9. The van der Waals surface area contributed by atoms with E-state index in [9.17, 15) is 4.79 Å². The van der Waals surface area contributed by atoms with Crippen molar-refractivity contribution in [2.45, 2.75) is 23.8 Å². The molecule has 4 aromatic rings. The highest BCUT2D eigenvalue weighted by Crippen LogP contribution is 2.33. The lowest BCUT2D eigenvalue weighted by atomic mass is 10.0. The van der Waals surface area contributed by atoms with Crippen LogP contribution < -0.4 is 14.8 Å². The van der Waals surface area contributed by atoms with Gasteiger partial charge in [-0.2, -0.15) is 0 Å². The topological polar surface area (TPSA) is 86.2 Å². The summed E-state index contributed by atoms with van der Waals surface area (Å²) in [5, 5.41) is 12.3. The lowest BCUT2D eigenvalue weighted by Crippen LogP contribution is -2.25. The van der Waals surface area contributed by atoms with Crippen molar-refractivity contribution in [1.82, 2.24) is 15.2 Å². The third kappa shape index (κ3) is 6.13. The molecule has 0 aliphatic carbocycles. The number of amides is 1. The van der Waals surface area contributed by atoms with Crippen LogP contribution in [0.1, 0.15) is 13.3 Å². The number of halogens is 1. The van der Waals surface area contributed by atoms with E-state index in [1.165, 1.54) is 11.8 Å². The molecule has 1 heterocycles. The Kier molecular flexibility index (Phi) is 8.40. The minimum atomic E-state index is -0.415. The summed E-state index contributed by atoms with van der Waals surface area (Å²) in [5.41, 5.74) is 3.63. The maximum absolute atomic E-state index is 13.0. The molecule has 0 aliphatic heterocycles. The second-order valence-electron chi connectivity index (χ2n) is 7.76. The normalized spacial score (nSPS) is 11.6. The molecular weight excluding hydrogens is 496 g/mol. The van der Waals surface area contributed by atoms with Crippen LogP contribution in [0, 0.1) is 0 Å². The Balaban J connectivity index is 1.65. The smallest absolute Gasteiger partial charge is 0.237 e. The molecule has 36 heavy (non-hydrogen) atoms. The summed E-state index contributed by atoms with van der Waals surface area (Å²) in [5.74, 6) is 1.33. The molecule has 0 saturated carbocycles. The van der Waals surface area contributed by atoms with Crippen molar-refractivity contribution in [3.8, 4) is 34.0 Å². The van der Waals surface area contributed by atoms with Crippen LogP contribution in [0.3, 0.4) is 0 Å². The van der Waals surface area contributed by atoms with Gasteiger partial charge < -0.3 is 14.8 Å². The standard InChI is InChI=1S/C27H25ClN4O3S/c1-4-23(26(33)29-20-7-5-6-19(28)16-20)36-27-30-24(17-8-12-21(34-2)13-9-17)25(31-32-27)18-10-14-22(35-3)15-11-18/h5-16,23H,4H2,1-3H3,(H,29,33)/t23-/m0/s1. The Labute approximate surface area is 219 Å². The fourth-order valence-electron chi connectivity index (χ4n) is 3.49. The van der Waals surface area contributed by atoms with E-state index < -0.39 is 5.25 Å². The molecular formula is C27H25ClN4O3S. The molecule has 1 atom stereocenters. The van der Waals surface area contributed by atoms with Gasteiger partial charge in [-0.25, -0.2) is 4.98 Å². The molecule has 4 rings (SSSR count). The molecule has 0 saturated heterocycles. The van der Waals surface area contributed by atoms with Crippen LogP contribution in [0.2, 0.25) is 5.02 Å². The highest BCUT2D eigenvalue weighted by atomic mass is 35.5. The van der Waals surface area contributed by atoms with Gasteiger partial charge in [0.05, 0.1) is 19.5 Å². The first kappa shape index (κ1) is 25.5. The van der Waals surface area contributed by atoms with Gasteiger partial charge in [0, 0.05) is 21.8 Å². The lowest BCUT2D eigenvalue weighted by molar-refractivity contribution is -0.115. The van der Waals surface area contributed by atoms with Gasteiger partial charge in [-0.05, 0) is 73.2 Å². The summed E-state index contributed by atoms with van der Waals surface area (Å²) in [6.07, 6.45) is 0.582. The number of aromatic nitrogens is 3. The number of ether oxygens (including phenoxy) is 2. The van der Waals surface area contributed by atoms with E-state index >= 15 is 0 Å². The van der Waals surface area contributed by atoms with Crippen molar-refractivity contribution in [2.75, 3.05) is 19.5 Å². The van der Waals surface area contributed by atoms with Crippen molar-refractivity contribution in [2.24, 2.45) is 0 Å². The van der Waals surface area contributed by atoms with Crippen molar-refractivity contribution in [3.05, 3.63) is 77.8 Å². The summed E-state index contributed by atoms with van der Waals surface area (Å²) in [7, 11) is 3.25. The van der Waals surface area contributed by atoms with Gasteiger partial charge >= 0.3 is 0 Å². The SMILES string of the molecule is CC[C@H](Sc1nnc(-c2ccc(OC)cc2)c(-c2ccc(OC)cc2)n1)C(=O)Nc1cccc(Cl)c1. The Hall–Kier alpha value is -3.62. The Morgan fingerprint density at radius 2 is 1.53 bits per heavy atom. The Bertz CT molecular complexity index is 1330. The molecule has 0 bridgehead atoms. The molecule has 0 aliphatic rings. The zero-order valence-electron chi connectivity index (χ0n) is 20.1. The molecule has 7 nitrogen and oxygen atoms in total. The Morgan fingerprint density at radius 3 is 2.08 bits per heavy atom. The number of benzene rings is 3. The highest BCUT2D eigenvalue weighted by Gasteiger charge is 2.22. The second kappa shape index (κ2) is 11.9. The fourth-order valence-corrected chi connectivity index (χ4v) is 4.50. The van der Waals surface area contributed by atoms with Crippen molar-refractivity contribution < 1.29 is 14.3 Å². The molecule has 9 heteroatoms. The van der Waals surface area contributed by atoms with E-state index in [2.05, 4.69) is 15.5 Å². The first-order chi connectivity index (χ1) is 17.5. The molecule has 0 radical (unpaired) electrons. The van der Waals surface area contributed by atoms with Crippen LogP contribution in [0.25, 0.3) is 22.5 Å². The number of hydrogen-bond donors (Lipinski definition) is 1. The Morgan fingerprint density at radius 1 is 0.917 bits per heavy atom. The number of anilines is 1. The second-order valence-corrected chi connectivity index (χ2v) is 9.37. The number of carbonyl (C=O) groups is 1. The summed E-state index contributed by atoms with van der Waals surface area (Å²) in [6, 6.07) is 22.2. The van der Waals surface area contributed by atoms with E-state index in [0.717, 1.165) is 22.6 Å².